The fourth-order valence-electron chi connectivity index (χ4n) is 1.43. The molecule has 0 aromatic carbocycles. The van der Waals surface area contributed by atoms with Crippen LogP contribution in [0.15, 0.2) is 0 Å². The zero-order valence-electron chi connectivity index (χ0n) is 11.1. The van der Waals surface area contributed by atoms with Gasteiger partial charge in [0.25, 0.3) is 0 Å². The summed E-state index contributed by atoms with van der Waals surface area (Å²) in [6.45, 7) is 8.33. The maximum Gasteiger partial charge on any atom is 0.343 e. The molecule has 5 nitrogen and oxygen atoms in total. The van der Waals surface area contributed by atoms with Crippen LogP contribution in [0.25, 0.3) is 0 Å². The first-order chi connectivity index (χ1) is 7.76. The number of carbonyl (C=O) groups is 2. The average Bonchev–Trinajstić information content (AvgIpc) is 2.21. The lowest BCUT2D eigenvalue weighted by Crippen LogP contribution is -2.51. The second kappa shape index (κ2) is 8.65. The van der Waals surface area contributed by atoms with Gasteiger partial charge in [-0.1, -0.05) is 6.92 Å². The second-order valence-electron chi connectivity index (χ2n) is 4.44. The largest absolute Gasteiger partial charge is 0.479 e. The number of ether oxygens (including phenoxy) is 2. The number of carboxylic acid groups (broad SMARTS) is 1. The molecule has 1 unspecified atom stereocenters. The van der Waals surface area contributed by atoms with Crippen LogP contribution in [0.5, 0.6) is 0 Å². The van der Waals surface area contributed by atoms with E-state index in [1.165, 1.54) is 0 Å². The Balaban J connectivity index is 0. The molecule has 0 saturated carbocycles. The second-order valence-corrected chi connectivity index (χ2v) is 4.44. The lowest BCUT2D eigenvalue weighted by atomic mass is 9.95. The molecule has 0 aromatic heterocycles. The van der Waals surface area contributed by atoms with Crippen molar-refractivity contribution in [2.24, 2.45) is 0 Å². The van der Waals surface area contributed by atoms with Crippen LogP contribution in [0.3, 0.4) is 0 Å². The Bertz CT molecular complexity index is 278. The Labute approximate surface area is 119 Å². The molecule has 0 saturated heterocycles. The maximum atomic E-state index is 11.9. The molecule has 1 N–H and O–H groups in total. The molecule has 0 spiro atoms. The van der Waals surface area contributed by atoms with Crippen molar-refractivity contribution in [2.45, 2.75) is 58.8 Å². The highest BCUT2D eigenvalue weighted by Crippen LogP contribution is 2.21. The molecule has 6 heteroatoms. The van der Waals surface area contributed by atoms with E-state index < -0.39 is 17.4 Å². The minimum absolute atomic E-state index is 0. The number of Topliss-reactive ketones (excluding diaryl/α,β-unsaturated/α-hetero) is 1. The van der Waals surface area contributed by atoms with Gasteiger partial charge in [-0.2, -0.15) is 0 Å². The summed E-state index contributed by atoms with van der Waals surface area (Å²) in [6.07, 6.45) is -0.378. The van der Waals surface area contributed by atoms with Crippen molar-refractivity contribution in [1.29, 1.82) is 0 Å². The van der Waals surface area contributed by atoms with E-state index in [9.17, 15) is 14.7 Å². The van der Waals surface area contributed by atoms with E-state index in [2.05, 4.69) is 0 Å². The number of hydrogen-bond acceptors (Lipinski definition) is 4. The summed E-state index contributed by atoms with van der Waals surface area (Å²) in [5, 5.41) is 9.21. The molecule has 1 atom stereocenters. The molecule has 0 bridgehead atoms. The molecule has 0 aliphatic rings. The minimum atomic E-state index is -1.79. The van der Waals surface area contributed by atoms with Crippen molar-refractivity contribution < 1.29 is 24.2 Å². The van der Waals surface area contributed by atoms with Crippen LogP contribution in [0, 0.1) is 0 Å². The molecule has 0 amide bonds. The van der Waals surface area contributed by atoms with E-state index in [0.717, 1.165) is 0 Å². The number of carbonyl (C=O) groups excluding carboxylic acids is 1. The molecule has 0 aliphatic carbocycles. The van der Waals surface area contributed by atoms with Gasteiger partial charge in [0.15, 0.2) is 17.4 Å². The van der Waals surface area contributed by atoms with Gasteiger partial charge in [-0.3, -0.25) is 4.79 Å². The SMILES string of the molecule is CCC(OC(C)C)(C(=O)O)C(=O)COC(C)C.[AlH3]. The molecule has 0 aromatic rings. The Hall–Kier alpha value is -0.408. The van der Waals surface area contributed by atoms with E-state index in [4.69, 9.17) is 9.47 Å². The van der Waals surface area contributed by atoms with E-state index >= 15 is 0 Å². The average molecular weight is 276 g/mol. The van der Waals surface area contributed by atoms with Crippen LogP contribution in [-0.2, 0) is 19.1 Å². The van der Waals surface area contributed by atoms with Gasteiger partial charge in [-0.25, -0.2) is 4.79 Å². The highest BCUT2D eigenvalue weighted by molar-refractivity contribution is 6.07. The number of ketones is 1. The van der Waals surface area contributed by atoms with Crippen molar-refractivity contribution in [3.8, 4) is 0 Å². The summed E-state index contributed by atoms with van der Waals surface area (Å²) in [5.41, 5.74) is -1.79. The first kappa shape index (κ1) is 19.9. The Morgan fingerprint density at radius 2 is 1.67 bits per heavy atom. The summed E-state index contributed by atoms with van der Waals surface area (Å²) in [4.78, 5) is 23.2. The third-order valence-electron chi connectivity index (χ3n) is 2.28. The van der Waals surface area contributed by atoms with Gasteiger partial charge < -0.3 is 14.6 Å². The molecule has 106 valence electrons. The van der Waals surface area contributed by atoms with Gasteiger partial charge in [-0.15, -0.1) is 0 Å². The van der Waals surface area contributed by atoms with E-state index in [1.54, 1.807) is 34.6 Å². The lowest BCUT2D eigenvalue weighted by molar-refractivity contribution is -0.181. The molecule has 0 heterocycles. The van der Waals surface area contributed by atoms with Gasteiger partial charge in [-0.05, 0) is 34.1 Å². The van der Waals surface area contributed by atoms with Gasteiger partial charge in [0.1, 0.15) is 6.61 Å². The quantitative estimate of drug-likeness (QED) is 0.515. The van der Waals surface area contributed by atoms with E-state index in [-0.39, 0.29) is 42.6 Å². The highest BCUT2D eigenvalue weighted by atomic mass is 27.0. The zero-order chi connectivity index (χ0) is 13.6. The number of aliphatic carboxylic acids is 1. The van der Waals surface area contributed by atoms with Gasteiger partial charge in [0, 0.05) is 0 Å². The minimum Gasteiger partial charge on any atom is -0.479 e. The fraction of sp³-hybridized carbons (Fsp3) is 0.833. The normalized spacial score (nSPS) is 14.2. The van der Waals surface area contributed by atoms with Crippen molar-refractivity contribution in [3.05, 3.63) is 0 Å². The standard InChI is InChI=1S/C12H22O5.Al.3H/c1-6-12(11(14)15,17-9(4)5)10(13)7-16-8(2)3;;;;/h8-9H,6-7H2,1-5H3,(H,14,15);;;;. The van der Waals surface area contributed by atoms with Gasteiger partial charge >= 0.3 is 5.97 Å². The van der Waals surface area contributed by atoms with Crippen molar-refractivity contribution in [1.82, 2.24) is 0 Å². The van der Waals surface area contributed by atoms with Crippen molar-refractivity contribution >= 4 is 29.1 Å². The molecule has 0 radical (unpaired) electrons. The van der Waals surface area contributed by atoms with Gasteiger partial charge in [0.05, 0.1) is 12.2 Å². The van der Waals surface area contributed by atoms with Crippen LogP contribution in [0.2, 0.25) is 0 Å². The van der Waals surface area contributed by atoms with Gasteiger partial charge in [0.2, 0.25) is 11.4 Å². The van der Waals surface area contributed by atoms with Crippen LogP contribution < -0.4 is 0 Å². The van der Waals surface area contributed by atoms with Crippen molar-refractivity contribution in [3.63, 3.8) is 0 Å². The summed E-state index contributed by atoms with van der Waals surface area (Å²) >= 11 is 0. The number of carboxylic acids is 1. The molecular formula is C12H25AlO5. The monoisotopic (exact) mass is 276 g/mol. The first-order valence-electron chi connectivity index (χ1n) is 5.82. The first-order valence-corrected chi connectivity index (χ1v) is 5.82. The van der Waals surface area contributed by atoms with Crippen LogP contribution in [0.4, 0.5) is 0 Å². The summed E-state index contributed by atoms with van der Waals surface area (Å²) < 4.78 is 10.5. The Morgan fingerprint density at radius 1 is 1.17 bits per heavy atom. The third kappa shape index (κ3) is 5.49. The van der Waals surface area contributed by atoms with E-state index in [1.807, 2.05) is 0 Å². The molecule has 0 rings (SSSR count). The van der Waals surface area contributed by atoms with Crippen LogP contribution in [-0.4, -0.2) is 58.6 Å². The summed E-state index contributed by atoms with van der Waals surface area (Å²) in [7, 11) is 0. The topological polar surface area (TPSA) is 72.8 Å². The van der Waals surface area contributed by atoms with Crippen LogP contribution >= 0.6 is 0 Å². The zero-order valence-corrected chi connectivity index (χ0v) is 11.1. The fourth-order valence-corrected chi connectivity index (χ4v) is 1.43. The smallest absolute Gasteiger partial charge is 0.343 e. The Kier molecular flexibility index (Phi) is 9.58. The van der Waals surface area contributed by atoms with E-state index in [0.29, 0.717) is 0 Å². The molecular weight excluding hydrogens is 251 g/mol. The summed E-state index contributed by atoms with van der Waals surface area (Å²) in [5.74, 6) is -1.80. The van der Waals surface area contributed by atoms with Crippen molar-refractivity contribution in [2.75, 3.05) is 6.61 Å². The molecule has 0 fully saturated rings. The van der Waals surface area contributed by atoms with Crippen LogP contribution in [0.1, 0.15) is 41.0 Å². The molecule has 0 aliphatic heterocycles. The molecule has 18 heavy (non-hydrogen) atoms. The highest BCUT2D eigenvalue weighted by Gasteiger charge is 2.46. The Morgan fingerprint density at radius 3 is 1.94 bits per heavy atom. The maximum absolute atomic E-state index is 11.9. The predicted molar refractivity (Wildman–Crippen MR) is 72.9 cm³/mol. The lowest BCUT2D eigenvalue weighted by Gasteiger charge is -2.29. The number of rotatable bonds is 8. The predicted octanol–water partition coefficient (Wildman–Crippen LogP) is 0.455. The third-order valence-corrected chi connectivity index (χ3v) is 2.28. The number of hydrogen-bond donors (Lipinski definition) is 1. The summed E-state index contributed by atoms with van der Waals surface area (Å²) in [6, 6.07) is 0.